The number of hydrogen-bond acceptors (Lipinski definition) is 4. The van der Waals surface area contributed by atoms with Crippen LogP contribution in [0.3, 0.4) is 0 Å². The number of nitrogens with zero attached hydrogens (tertiary/aromatic N) is 2. The van der Waals surface area contributed by atoms with Crippen LogP contribution in [0, 0.1) is 5.92 Å². The van der Waals surface area contributed by atoms with Crippen LogP contribution in [0.25, 0.3) is 0 Å². The summed E-state index contributed by atoms with van der Waals surface area (Å²) in [6.45, 7) is 9.85. The fraction of sp³-hybridized carbons (Fsp3) is 0.579. The van der Waals surface area contributed by atoms with Crippen LogP contribution in [0.15, 0.2) is 24.3 Å². The van der Waals surface area contributed by atoms with Crippen LogP contribution >= 0.6 is 11.6 Å². The highest BCUT2D eigenvalue weighted by Crippen LogP contribution is 2.14. The first-order chi connectivity index (χ1) is 11.9. The smallest absolute Gasteiger partial charge is 0.310 e. The zero-order valence-corrected chi connectivity index (χ0v) is 16.4. The maximum absolute atomic E-state index is 12.8. The highest BCUT2D eigenvalue weighted by Gasteiger charge is 2.22. The molecule has 0 aliphatic carbocycles. The summed E-state index contributed by atoms with van der Waals surface area (Å²) in [4.78, 5) is 28.6. The number of carbonyl (C=O) groups excluding carboxylic acids is 2. The van der Waals surface area contributed by atoms with Crippen molar-refractivity contribution in [1.82, 2.24) is 9.80 Å². The van der Waals surface area contributed by atoms with Gasteiger partial charge in [0.1, 0.15) is 0 Å². The third-order valence-corrected chi connectivity index (χ3v) is 4.52. The third-order valence-electron chi connectivity index (χ3n) is 4.27. The lowest BCUT2D eigenvalue weighted by Crippen LogP contribution is -2.39. The van der Waals surface area contributed by atoms with E-state index in [1.807, 2.05) is 0 Å². The van der Waals surface area contributed by atoms with E-state index in [1.54, 1.807) is 36.1 Å². The van der Waals surface area contributed by atoms with Crippen molar-refractivity contribution in [3.8, 4) is 0 Å². The van der Waals surface area contributed by atoms with Gasteiger partial charge in [-0.1, -0.05) is 32.4 Å². The predicted molar refractivity (Wildman–Crippen MR) is 101 cm³/mol. The number of rotatable bonds is 10. The Labute approximate surface area is 155 Å². The Bertz CT molecular complexity index is 544. The molecule has 1 unspecified atom stereocenters. The molecule has 1 aromatic carbocycles. The van der Waals surface area contributed by atoms with Crippen LogP contribution in [0.1, 0.15) is 37.6 Å². The second kappa shape index (κ2) is 11.1. The van der Waals surface area contributed by atoms with Crippen molar-refractivity contribution in [2.45, 2.75) is 27.2 Å². The standard InChI is InChI=1S/C19H29ClN2O3/c1-5-21(6-2)12-7-13-22(14-15(3)19(24)25-4)18(23)16-8-10-17(20)11-9-16/h8-11,15H,5-7,12-14H2,1-4H3. The summed E-state index contributed by atoms with van der Waals surface area (Å²) in [5.41, 5.74) is 0.573. The molecule has 0 saturated carbocycles. The maximum atomic E-state index is 12.8. The molecule has 0 heterocycles. The highest BCUT2D eigenvalue weighted by molar-refractivity contribution is 6.30. The summed E-state index contributed by atoms with van der Waals surface area (Å²) in [7, 11) is 1.37. The zero-order valence-electron chi connectivity index (χ0n) is 15.6. The molecule has 0 fully saturated rings. The van der Waals surface area contributed by atoms with Gasteiger partial charge in [0, 0.05) is 23.7 Å². The van der Waals surface area contributed by atoms with E-state index >= 15 is 0 Å². The molecule has 0 bridgehead atoms. The minimum atomic E-state index is -0.366. The van der Waals surface area contributed by atoms with Gasteiger partial charge in [-0.3, -0.25) is 9.59 Å². The average molecular weight is 369 g/mol. The van der Waals surface area contributed by atoms with Crippen LogP contribution < -0.4 is 0 Å². The summed E-state index contributed by atoms with van der Waals surface area (Å²) >= 11 is 5.90. The number of esters is 1. The SMILES string of the molecule is CCN(CC)CCCN(CC(C)C(=O)OC)C(=O)c1ccc(Cl)cc1. The molecular weight excluding hydrogens is 340 g/mol. The van der Waals surface area contributed by atoms with Gasteiger partial charge < -0.3 is 14.5 Å². The minimum absolute atomic E-state index is 0.0908. The van der Waals surface area contributed by atoms with E-state index in [4.69, 9.17) is 16.3 Å². The predicted octanol–water partition coefficient (Wildman–Crippen LogP) is 3.32. The van der Waals surface area contributed by atoms with Crippen molar-refractivity contribution >= 4 is 23.5 Å². The average Bonchev–Trinajstić information content (AvgIpc) is 2.63. The van der Waals surface area contributed by atoms with Gasteiger partial charge in [-0.25, -0.2) is 0 Å². The van der Waals surface area contributed by atoms with Gasteiger partial charge in [-0.2, -0.15) is 0 Å². The summed E-state index contributed by atoms with van der Waals surface area (Å²) in [5, 5.41) is 0.590. The van der Waals surface area contributed by atoms with Gasteiger partial charge in [0.2, 0.25) is 0 Å². The van der Waals surface area contributed by atoms with E-state index in [2.05, 4.69) is 18.7 Å². The zero-order chi connectivity index (χ0) is 18.8. The number of benzene rings is 1. The molecule has 0 aromatic heterocycles. The molecule has 1 rings (SSSR count). The minimum Gasteiger partial charge on any atom is -0.469 e. The molecule has 5 nitrogen and oxygen atoms in total. The fourth-order valence-corrected chi connectivity index (χ4v) is 2.81. The Morgan fingerprint density at radius 2 is 1.72 bits per heavy atom. The molecule has 0 radical (unpaired) electrons. The molecular formula is C19H29ClN2O3. The van der Waals surface area contributed by atoms with Crippen LogP contribution in [0.4, 0.5) is 0 Å². The van der Waals surface area contributed by atoms with Gasteiger partial charge in [0.25, 0.3) is 5.91 Å². The number of ether oxygens (including phenoxy) is 1. The Kier molecular flexibility index (Phi) is 9.53. The monoisotopic (exact) mass is 368 g/mol. The summed E-state index contributed by atoms with van der Waals surface area (Å²) in [6.07, 6.45) is 0.856. The van der Waals surface area contributed by atoms with Gasteiger partial charge in [0.05, 0.1) is 13.0 Å². The lowest BCUT2D eigenvalue weighted by atomic mass is 10.1. The quantitative estimate of drug-likeness (QED) is 0.594. The third kappa shape index (κ3) is 7.04. The van der Waals surface area contributed by atoms with Crippen molar-refractivity contribution in [3.05, 3.63) is 34.9 Å². The number of halogens is 1. The summed E-state index contributed by atoms with van der Waals surface area (Å²) in [5.74, 6) is -0.765. The molecule has 0 spiro atoms. The van der Waals surface area contributed by atoms with E-state index in [0.29, 0.717) is 23.7 Å². The molecule has 1 amide bonds. The molecule has 1 aromatic rings. The normalized spacial score (nSPS) is 12.1. The van der Waals surface area contributed by atoms with Crippen molar-refractivity contribution < 1.29 is 14.3 Å². The molecule has 140 valence electrons. The molecule has 0 aliphatic rings. The molecule has 25 heavy (non-hydrogen) atoms. The van der Waals surface area contributed by atoms with Crippen LogP contribution in [0.5, 0.6) is 0 Å². The Balaban J connectivity index is 2.80. The second-order valence-electron chi connectivity index (χ2n) is 6.06. The maximum Gasteiger partial charge on any atom is 0.310 e. The first-order valence-corrected chi connectivity index (χ1v) is 9.15. The van der Waals surface area contributed by atoms with Crippen LogP contribution in [-0.2, 0) is 9.53 Å². The van der Waals surface area contributed by atoms with Crippen LogP contribution in [-0.4, -0.2) is 61.5 Å². The van der Waals surface area contributed by atoms with Gasteiger partial charge >= 0.3 is 5.97 Å². The number of hydrogen-bond donors (Lipinski definition) is 0. The van der Waals surface area contributed by atoms with E-state index in [-0.39, 0.29) is 17.8 Å². The fourth-order valence-electron chi connectivity index (χ4n) is 2.68. The highest BCUT2D eigenvalue weighted by atomic mass is 35.5. The molecule has 0 saturated heterocycles. The molecule has 1 atom stereocenters. The van der Waals surface area contributed by atoms with Crippen molar-refractivity contribution in [2.24, 2.45) is 5.92 Å². The molecule has 0 N–H and O–H groups in total. The Morgan fingerprint density at radius 3 is 2.24 bits per heavy atom. The van der Waals surface area contributed by atoms with Crippen molar-refractivity contribution in [1.29, 1.82) is 0 Å². The first kappa shape index (κ1) is 21.5. The van der Waals surface area contributed by atoms with Crippen molar-refractivity contribution in [3.63, 3.8) is 0 Å². The van der Waals surface area contributed by atoms with E-state index in [0.717, 1.165) is 26.1 Å². The van der Waals surface area contributed by atoms with Crippen molar-refractivity contribution in [2.75, 3.05) is 39.8 Å². The van der Waals surface area contributed by atoms with Gasteiger partial charge in [0.15, 0.2) is 0 Å². The Morgan fingerprint density at radius 1 is 1.12 bits per heavy atom. The lowest BCUT2D eigenvalue weighted by Gasteiger charge is -2.26. The van der Waals surface area contributed by atoms with Gasteiger partial charge in [-0.15, -0.1) is 0 Å². The van der Waals surface area contributed by atoms with E-state index < -0.39 is 0 Å². The summed E-state index contributed by atoms with van der Waals surface area (Å²) in [6, 6.07) is 6.83. The van der Waals surface area contributed by atoms with Gasteiger partial charge in [-0.05, 0) is 50.3 Å². The number of methoxy groups -OCH3 is 1. The first-order valence-electron chi connectivity index (χ1n) is 8.77. The summed E-state index contributed by atoms with van der Waals surface area (Å²) < 4.78 is 4.79. The topological polar surface area (TPSA) is 49.9 Å². The number of carbonyl (C=O) groups is 2. The Hall–Kier alpha value is -1.59. The van der Waals surface area contributed by atoms with E-state index in [9.17, 15) is 9.59 Å². The van der Waals surface area contributed by atoms with E-state index in [1.165, 1.54) is 7.11 Å². The van der Waals surface area contributed by atoms with Crippen LogP contribution in [0.2, 0.25) is 5.02 Å². The second-order valence-corrected chi connectivity index (χ2v) is 6.50. The largest absolute Gasteiger partial charge is 0.469 e. The molecule has 6 heteroatoms. The number of amides is 1. The molecule has 0 aliphatic heterocycles. The lowest BCUT2D eigenvalue weighted by molar-refractivity contribution is -0.145.